The van der Waals surface area contributed by atoms with Gasteiger partial charge in [-0.1, -0.05) is 5.16 Å². The molecule has 0 aromatic heterocycles. The number of nitrogens with zero attached hydrogens (tertiary/aromatic N) is 1. The summed E-state index contributed by atoms with van der Waals surface area (Å²) in [7, 11) is -4.35. The fourth-order valence-electron chi connectivity index (χ4n) is 1.16. The highest BCUT2D eigenvalue weighted by Gasteiger charge is 2.22. The van der Waals surface area contributed by atoms with E-state index in [9.17, 15) is 8.42 Å². The molecule has 1 N–H and O–H groups in total. The molecule has 74 valence electrons. The van der Waals surface area contributed by atoms with Gasteiger partial charge in [0.15, 0.2) is 0 Å². The van der Waals surface area contributed by atoms with Crippen LogP contribution in [0.25, 0.3) is 11.1 Å². The Balaban J connectivity index is 2.81. The molecule has 0 radical (unpaired) electrons. The summed E-state index contributed by atoms with van der Waals surface area (Å²) < 4.78 is 35.1. The van der Waals surface area contributed by atoms with E-state index < -0.39 is 15.1 Å². The highest BCUT2D eigenvalue weighted by Crippen LogP contribution is 2.31. The van der Waals surface area contributed by atoms with Gasteiger partial charge in [-0.3, -0.25) is 4.55 Å². The summed E-state index contributed by atoms with van der Waals surface area (Å²) in [6, 6.07) is 3.10. The molecule has 0 fully saturated rings. The summed E-state index contributed by atoms with van der Waals surface area (Å²) in [6.45, 7) is 0. The van der Waals surface area contributed by atoms with Crippen molar-refractivity contribution in [2.75, 3.05) is 0 Å². The first-order valence-electron chi connectivity index (χ1n) is 3.53. The van der Waals surface area contributed by atoms with Gasteiger partial charge in [-0.05, 0) is 12.1 Å². The van der Waals surface area contributed by atoms with E-state index in [-0.39, 0.29) is 0 Å². The second-order valence-corrected chi connectivity index (χ2v) is 4.53. The highest BCUT2D eigenvalue weighted by atomic mass is 32.2. The van der Waals surface area contributed by atoms with Gasteiger partial charge >= 0.3 is 10.1 Å². The van der Waals surface area contributed by atoms with E-state index in [0.29, 0.717) is 16.0 Å². The van der Waals surface area contributed by atoms with Gasteiger partial charge in [-0.15, -0.1) is 12.6 Å². The predicted octanol–water partition coefficient (Wildman–Crippen LogP) is 1.31. The van der Waals surface area contributed by atoms with Crippen molar-refractivity contribution in [3.8, 4) is 11.1 Å². The van der Waals surface area contributed by atoms with Crippen LogP contribution in [0.4, 0.5) is 0 Å². The average molecular weight is 231 g/mol. The zero-order valence-corrected chi connectivity index (χ0v) is 8.42. The van der Waals surface area contributed by atoms with Crippen LogP contribution in [0.15, 0.2) is 32.8 Å². The minimum absolute atomic E-state index is 0.295. The quantitative estimate of drug-likeness (QED) is 0.571. The van der Waals surface area contributed by atoms with Crippen molar-refractivity contribution in [3.63, 3.8) is 0 Å². The Hall–Kier alpha value is -1.05. The first-order valence-corrected chi connectivity index (χ1v) is 5.42. The Morgan fingerprint density at radius 3 is 2.79 bits per heavy atom. The SMILES string of the molecule is O=S(=O)(O)c1nocc2cc(S)cc1-2. The van der Waals surface area contributed by atoms with E-state index in [1.807, 2.05) is 0 Å². The van der Waals surface area contributed by atoms with E-state index in [2.05, 4.69) is 22.3 Å². The summed E-state index contributed by atoms with van der Waals surface area (Å²) in [5, 5.41) is 2.75. The molecule has 0 atom stereocenters. The molecule has 0 unspecified atom stereocenters. The van der Waals surface area contributed by atoms with Crippen molar-refractivity contribution in [3.05, 3.63) is 18.4 Å². The molecule has 0 bridgehead atoms. The number of hydrogen-bond donors (Lipinski definition) is 2. The first kappa shape index (κ1) is 9.50. The van der Waals surface area contributed by atoms with Crippen LogP contribution in [0.3, 0.4) is 0 Å². The minimum atomic E-state index is -4.35. The van der Waals surface area contributed by atoms with Crippen LogP contribution in [-0.4, -0.2) is 18.1 Å². The molecule has 0 saturated carbocycles. The highest BCUT2D eigenvalue weighted by molar-refractivity contribution is 7.85. The van der Waals surface area contributed by atoms with E-state index in [0.717, 1.165) is 0 Å². The van der Waals surface area contributed by atoms with Crippen molar-refractivity contribution < 1.29 is 17.5 Å². The van der Waals surface area contributed by atoms with Gasteiger partial charge in [-0.2, -0.15) is 8.42 Å². The molecule has 0 aromatic rings. The molecule has 0 saturated heterocycles. The summed E-state index contributed by atoms with van der Waals surface area (Å²) in [5.41, 5.74) is 0.821. The molecule has 7 heteroatoms. The molecular weight excluding hydrogens is 226 g/mol. The second kappa shape index (κ2) is 2.97. The zero-order chi connectivity index (χ0) is 10.3. The van der Waals surface area contributed by atoms with Crippen LogP contribution in [0.5, 0.6) is 0 Å². The second-order valence-electron chi connectivity index (χ2n) is 2.68. The van der Waals surface area contributed by atoms with Crippen LogP contribution < -0.4 is 0 Å². The fourth-order valence-corrected chi connectivity index (χ4v) is 2.02. The van der Waals surface area contributed by atoms with E-state index in [1.165, 1.54) is 12.3 Å². The molecule has 1 heterocycles. The Morgan fingerprint density at radius 2 is 2.14 bits per heavy atom. The lowest BCUT2D eigenvalue weighted by molar-refractivity contribution is 0.365. The third kappa shape index (κ3) is 1.49. The number of aromatic nitrogens is 1. The lowest BCUT2D eigenvalue weighted by atomic mass is 10.2. The number of fused-ring (bicyclic) bond motifs is 1. The first-order chi connectivity index (χ1) is 6.48. The third-order valence-electron chi connectivity index (χ3n) is 1.70. The van der Waals surface area contributed by atoms with E-state index in [4.69, 9.17) is 4.55 Å². The van der Waals surface area contributed by atoms with Gasteiger partial charge in [0, 0.05) is 16.0 Å². The molecule has 2 aliphatic rings. The molecule has 2 rings (SSSR count). The lowest BCUT2D eigenvalue weighted by Crippen LogP contribution is -2.02. The van der Waals surface area contributed by atoms with E-state index in [1.54, 1.807) is 6.07 Å². The van der Waals surface area contributed by atoms with Crippen LogP contribution in [0.2, 0.25) is 0 Å². The van der Waals surface area contributed by atoms with E-state index >= 15 is 0 Å². The molecule has 14 heavy (non-hydrogen) atoms. The average Bonchev–Trinajstić information content (AvgIpc) is 2.41. The van der Waals surface area contributed by atoms with Crippen LogP contribution >= 0.6 is 12.6 Å². The van der Waals surface area contributed by atoms with Gasteiger partial charge in [0.1, 0.15) is 6.26 Å². The Kier molecular flexibility index (Phi) is 2.02. The summed E-state index contributed by atoms with van der Waals surface area (Å²) in [4.78, 5) is 0.577. The zero-order valence-electron chi connectivity index (χ0n) is 6.71. The van der Waals surface area contributed by atoms with Crippen molar-refractivity contribution in [2.24, 2.45) is 0 Å². The van der Waals surface area contributed by atoms with Gasteiger partial charge in [0.05, 0.1) is 0 Å². The maximum absolute atomic E-state index is 10.9. The summed E-state index contributed by atoms with van der Waals surface area (Å²) in [5.74, 6) is 0. The number of thiol groups is 1. The smallest absolute Gasteiger partial charge is 0.316 e. The topological polar surface area (TPSA) is 80.4 Å². The molecular formula is C7H5NO4S2. The Bertz CT molecular complexity index is 545. The maximum atomic E-state index is 10.9. The monoisotopic (exact) mass is 231 g/mol. The van der Waals surface area contributed by atoms with Crippen molar-refractivity contribution in [1.82, 2.24) is 5.16 Å². The lowest BCUT2D eigenvalue weighted by Gasteiger charge is -2.00. The number of hydrogen-bond acceptors (Lipinski definition) is 5. The summed E-state index contributed by atoms with van der Waals surface area (Å²) in [6.07, 6.45) is 1.28. The van der Waals surface area contributed by atoms with Crippen LogP contribution in [0.1, 0.15) is 0 Å². The van der Waals surface area contributed by atoms with Crippen molar-refractivity contribution in [2.45, 2.75) is 9.92 Å². The molecule has 1 aliphatic carbocycles. The van der Waals surface area contributed by atoms with Gasteiger partial charge < -0.3 is 4.52 Å². The van der Waals surface area contributed by atoms with Crippen LogP contribution in [0, 0.1) is 0 Å². The van der Waals surface area contributed by atoms with Crippen LogP contribution in [-0.2, 0) is 10.1 Å². The normalized spacial score (nSPS) is 12.1. The van der Waals surface area contributed by atoms with Gasteiger partial charge in [0.2, 0.25) is 5.03 Å². The minimum Gasteiger partial charge on any atom is -0.363 e. The molecule has 5 nitrogen and oxygen atoms in total. The predicted molar refractivity (Wildman–Crippen MR) is 50.2 cm³/mol. The molecule has 0 aromatic carbocycles. The Labute approximate surface area is 85.2 Å². The third-order valence-corrected chi connectivity index (χ3v) is 2.74. The standard InChI is InChI=1S/C7H5NO4S2/c9-14(10,11)7-6-2-5(13)1-4(6)3-12-8-7/h1-3,13H,(H,9,10,11). The molecule has 1 aliphatic heterocycles. The molecule has 0 amide bonds. The van der Waals surface area contributed by atoms with Crippen molar-refractivity contribution in [1.29, 1.82) is 0 Å². The summed E-state index contributed by atoms with van der Waals surface area (Å²) >= 11 is 4.04. The van der Waals surface area contributed by atoms with Gasteiger partial charge in [-0.25, -0.2) is 0 Å². The maximum Gasteiger partial charge on any atom is 0.316 e. The fraction of sp³-hybridized carbons (Fsp3) is 0. The van der Waals surface area contributed by atoms with Gasteiger partial charge in [0.25, 0.3) is 0 Å². The Morgan fingerprint density at radius 1 is 1.43 bits per heavy atom. The van der Waals surface area contributed by atoms with Crippen molar-refractivity contribution >= 4 is 22.7 Å². The largest absolute Gasteiger partial charge is 0.363 e. The number of rotatable bonds is 1. The molecule has 0 spiro atoms.